The summed E-state index contributed by atoms with van der Waals surface area (Å²) in [6.07, 6.45) is -4.63. The van der Waals surface area contributed by atoms with Crippen molar-refractivity contribution in [1.82, 2.24) is 9.55 Å². The van der Waals surface area contributed by atoms with E-state index in [1.54, 1.807) is 42.5 Å². The largest absolute Gasteiger partial charge is 0.467 e. The first-order valence-electron chi connectivity index (χ1n) is 7.57. The molecule has 2 aromatic carbocycles. The molecule has 130 valence electrons. The lowest BCUT2D eigenvalue weighted by atomic mass is 10.1. The van der Waals surface area contributed by atoms with Crippen molar-refractivity contribution >= 4 is 17.0 Å². The number of ether oxygens (including phenoxy) is 1. The second kappa shape index (κ2) is 6.58. The Morgan fingerprint density at radius 2 is 1.76 bits per heavy atom. The highest BCUT2D eigenvalue weighted by Crippen LogP contribution is 2.35. The first-order valence-corrected chi connectivity index (χ1v) is 7.57. The minimum Gasteiger partial charge on any atom is -0.467 e. The van der Waals surface area contributed by atoms with Crippen molar-refractivity contribution in [3.05, 3.63) is 66.0 Å². The number of fused-ring (bicyclic) bond motifs is 1. The van der Waals surface area contributed by atoms with Gasteiger partial charge in [0.2, 0.25) is 5.82 Å². The summed E-state index contributed by atoms with van der Waals surface area (Å²) in [6.45, 7) is 0. The van der Waals surface area contributed by atoms with Gasteiger partial charge in [-0.25, -0.2) is 9.78 Å². The monoisotopic (exact) mass is 348 g/mol. The number of hydrogen-bond donors (Lipinski definition) is 0. The van der Waals surface area contributed by atoms with Crippen molar-refractivity contribution in [2.75, 3.05) is 7.11 Å². The molecule has 0 bridgehead atoms. The van der Waals surface area contributed by atoms with Crippen LogP contribution in [0.2, 0.25) is 0 Å². The Hall–Kier alpha value is -2.83. The fraction of sp³-hybridized carbons (Fsp3) is 0.222. The summed E-state index contributed by atoms with van der Waals surface area (Å²) in [7, 11) is 1.16. The Bertz CT molecular complexity index is 888. The molecule has 1 heterocycles. The van der Waals surface area contributed by atoms with Crippen LogP contribution in [0.3, 0.4) is 0 Å². The van der Waals surface area contributed by atoms with Crippen molar-refractivity contribution in [3.8, 4) is 0 Å². The number of hydrogen-bond acceptors (Lipinski definition) is 3. The third-order valence-corrected chi connectivity index (χ3v) is 3.91. The lowest BCUT2D eigenvalue weighted by Crippen LogP contribution is -2.27. The summed E-state index contributed by atoms with van der Waals surface area (Å²) in [4.78, 5) is 16.0. The Morgan fingerprint density at radius 3 is 2.40 bits per heavy atom. The number of imidazole rings is 1. The molecule has 0 fully saturated rings. The molecule has 3 aromatic rings. The first kappa shape index (κ1) is 17.0. The molecular weight excluding hydrogens is 333 g/mol. The van der Waals surface area contributed by atoms with Crippen LogP contribution in [0.5, 0.6) is 0 Å². The Morgan fingerprint density at radius 1 is 1.12 bits per heavy atom. The van der Waals surface area contributed by atoms with Crippen LogP contribution < -0.4 is 0 Å². The van der Waals surface area contributed by atoms with Gasteiger partial charge in [0.05, 0.1) is 18.1 Å². The minimum atomic E-state index is -4.69. The second-order valence-electron chi connectivity index (χ2n) is 5.52. The molecule has 0 amide bonds. The van der Waals surface area contributed by atoms with E-state index in [-0.39, 0.29) is 17.5 Å². The Labute approximate surface area is 141 Å². The highest BCUT2D eigenvalue weighted by atomic mass is 19.4. The summed E-state index contributed by atoms with van der Waals surface area (Å²) >= 11 is 0. The third-order valence-electron chi connectivity index (χ3n) is 3.91. The molecule has 25 heavy (non-hydrogen) atoms. The third kappa shape index (κ3) is 3.35. The molecule has 3 rings (SSSR count). The summed E-state index contributed by atoms with van der Waals surface area (Å²) in [5.41, 5.74) is 1.14. The van der Waals surface area contributed by atoms with E-state index in [0.717, 1.165) is 17.2 Å². The van der Waals surface area contributed by atoms with Crippen molar-refractivity contribution < 1.29 is 22.7 Å². The van der Waals surface area contributed by atoms with Gasteiger partial charge in [0.15, 0.2) is 0 Å². The van der Waals surface area contributed by atoms with Crippen LogP contribution in [-0.2, 0) is 22.1 Å². The van der Waals surface area contributed by atoms with E-state index in [1.807, 2.05) is 0 Å². The van der Waals surface area contributed by atoms with Crippen molar-refractivity contribution in [2.45, 2.75) is 18.6 Å². The molecule has 0 saturated carbocycles. The topological polar surface area (TPSA) is 44.1 Å². The van der Waals surface area contributed by atoms with Crippen LogP contribution in [0.4, 0.5) is 13.2 Å². The number of carbonyl (C=O) groups excluding carboxylic acids is 1. The zero-order chi connectivity index (χ0) is 18.0. The maximum Gasteiger partial charge on any atom is 0.449 e. The van der Waals surface area contributed by atoms with Gasteiger partial charge in [-0.15, -0.1) is 0 Å². The lowest BCUT2D eigenvalue weighted by Gasteiger charge is -2.20. The molecule has 0 aliphatic carbocycles. The molecule has 0 unspecified atom stereocenters. The molecular formula is C18H15F3N2O2. The molecule has 4 nitrogen and oxygen atoms in total. The molecule has 1 atom stereocenters. The summed E-state index contributed by atoms with van der Waals surface area (Å²) in [6, 6.07) is 13.9. The van der Waals surface area contributed by atoms with Crippen molar-refractivity contribution in [3.63, 3.8) is 0 Å². The van der Waals surface area contributed by atoms with E-state index >= 15 is 0 Å². The summed E-state index contributed by atoms with van der Waals surface area (Å²) < 4.78 is 46.2. The maximum absolute atomic E-state index is 13.5. The Kier molecular flexibility index (Phi) is 4.48. The summed E-state index contributed by atoms with van der Waals surface area (Å²) in [5.74, 6) is -1.86. The number of rotatable bonds is 4. The van der Waals surface area contributed by atoms with E-state index in [0.29, 0.717) is 0 Å². The average molecular weight is 348 g/mol. The molecule has 0 aliphatic rings. The van der Waals surface area contributed by atoms with Gasteiger partial charge in [-0.2, -0.15) is 13.2 Å². The molecule has 1 aromatic heterocycles. The number of para-hydroxylation sites is 2. The molecule has 0 radical (unpaired) electrons. The van der Waals surface area contributed by atoms with Gasteiger partial charge in [-0.05, 0) is 17.7 Å². The van der Waals surface area contributed by atoms with Gasteiger partial charge in [-0.1, -0.05) is 42.5 Å². The number of alkyl halides is 3. The van der Waals surface area contributed by atoms with E-state index in [1.165, 1.54) is 12.1 Å². The molecule has 0 aliphatic heterocycles. The van der Waals surface area contributed by atoms with Gasteiger partial charge in [0.1, 0.15) is 6.04 Å². The van der Waals surface area contributed by atoms with Crippen molar-refractivity contribution in [1.29, 1.82) is 0 Å². The second-order valence-corrected chi connectivity index (χ2v) is 5.52. The number of methoxy groups -OCH3 is 1. The zero-order valence-corrected chi connectivity index (χ0v) is 13.3. The quantitative estimate of drug-likeness (QED) is 0.669. The highest BCUT2D eigenvalue weighted by Gasteiger charge is 2.41. The van der Waals surface area contributed by atoms with Crippen LogP contribution in [0.15, 0.2) is 54.6 Å². The van der Waals surface area contributed by atoms with Crippen LogP contribution in [0.25, 0.3) is 11.0 Å². The number of nitrogens with zero attached hydrogens (tertiary/aromatic N) is 2. The van der Waals surface area contributed by atoms with Gasteiger partial charge in [-0.3, -0.25) is 0 Å². The first-order chi connectivity index (χ1) is 11.9. The van der Waals surface area contributed by atoms with Gasteiger partial charge < -0.3 is 9.30 Å². The van der Waals surface area contributed by atoms with E-state index in [2.05, 4.69) is 4.98 Å². The average Bonchev–Trinajstić information content (AvgIpc) is 2.99. The number of halogens is 3. The molecule has 0 saturated heterocycles. The lowest BCUT2D eigenvalue weighted by molar-refractivity contribution is -0.152. The molecule has 0 N–H and O–H groups in total. The normalized spacial score (nSPS) is 13.0. The number of esters is 1. The van der Waals surface area contributed by atoms with Crippen LogP contribution in [-0.4, -0.2) is 22.6 Å². The highest BCUT2D eigenvalue weighted by molar-refractivity contribution is 5.81. The number of carbonyl (C=O) groups is 1. The SMILES string of the molecule is COC(=O)[C@@H](Cc1ccccc1)n1c(C(F)(F)F)nc2ccccc21. The number of aromatic nitrogens is 2. The maximum atomic E-state index is 13.5. The zero-order valence-electron chi connectivity index (χ0n) is 13.3. The predicted molar refractivity (Wildman–Crippen MR) is 85.9 cm³/mol. The molecule has 0 spiro atoms. The molecule has 7 heteroatoms. The minimum absolute atomic E-state index is 0.0664. The fourth-order valence-corrected chi connectivity index (χ4v) is 2.81. The van der Waals surface area contributed by atoms with Crippen molar-refractivity contribution in [2.24, 2.45) is 0 Å². The van der Waals surface area contributed by atoms with Crippen LogP contribution in [0, 0.1) is 0 Å². The standard InChI is InChI=1S/C18H15F3N2O2/c1-25-16(24)15(11-12-7-3-2-4-8-12)23-14-10-6-5-9-13(14)22-17(23)18(19,20)21/h2-10,15H,11H2,1H3/t15-/m1/s1. The fourth-order valence-electron chi connectivity index (χ4n) is 2.81. The van der Waals surface area contributed by atoms with Gasteiger partial charge in [0.25, 0.3) is 0 Å². The number of benzene rings is 2. The van der Waals surface area contributed by atoms with Gasteiger partial charge in [0, 0.05) is 6.42 Å². The van der Waals surface area contributed by atoms with Gasteiger partial charge >= 0.3 is 12.1 Å². The van der Waals surface area contributed by atoms with E-state index < -0.39 is 24.0 Å². The van der Waals surface area contributed by atoms with Crippen LogP contribution in [0.1, 0.15) is 17.4 Å². The Balaban J connectivity index is 2.19. The summed E-state index contributed by atoms with van der Waals surface area (Å²) in [5, 5.41) is 0. The van der Waals surface area contributed by atoms with E-state index in [9.17, 15) is 18.0 Å². The van der Waals surface area contributed by atoms with Crippen LogP contribution >= 0.6 is 0 Å². The smallest absolute Gasteiger partial charge is 0.449 e. The van der Waals surface area contributed by atoms with E-state index in [4.69, 9.17) is 4.74 Å². The predicted octanol–water partition coefficient (Wildman–Crippen LogP) is 4.01.